The fourth-order valence-corrected chi connectivity index (χ4v) is 1.69. The SMILES string of the molecule is Cc1nccc(CNCCCCC(C)(C)C#N)n1. The van der Waals surface area contributed by atoms with E-state index in [1.807, 2.05) is 26.8 Å². The third-order valence-corrected chi connectivity index (χ3v) is 2.85. The summed E-state index contributed by atoms with van der Waals surface area (Å²) in [7, 11) is 0. The molecule has 0 radical (unpaired) electrons. The van der Waals surface area contributed by atoms with Gasteiger partial charge in [-0.15, -0.1) is 0 Å². The van der Waals surface area contributed by atoms with Gasteiger partial charge in [-0.05, 0) is 46.2 Å². The number of unbranched alkanes of at least 4 members (excludes halogenated alkanes) is 1. The first-order valence-electron chi connectivity index (χ1n) is 6.44. The molecule has 0 saturated carbocycles. The number of rotatable bonds is 7. The molecule has 0 saturated heterocycles. The van der Waals surface area contributed by atoms with Crippen molar-refractivity contribution >= 4 is 0 Å². The minimum atomic E-state index is -0.191. The average molecular weight is 246 g/mol. The van der Waals surface area contributed by atoms with Gasteiger partial charge in [0.2, 0.25) is 0 Å². The first-order chi connectivity index (χ1) is 8.53. The van der Waals surface area contributed by atoms with Gasteiger partial charge in [-0.25, -0.2) is 9.97 Å². The zero-order valence-electron chi connectivity index (χ0n) is 11.5. The second kappa shape index (κ2) is 7.07. The van der Waals surface area contributed by atoms with Crippen LogP contribution in [0.15, 0.2) is 12.3 Å². The van der Waals surface area contributed by atoms with Crippen molar-refractivity contribution < 1.29 is 0 Å². The lowest BCUT2D eigenvalue weighted by Crippen LogP contribution is -2.17. The van der Waals surface area contributed by atoms with Crippen LogP contribution in [0.1, 0.15) is 44.6 Å². The minimum Gasteiger partial charge on any atom is -0.311 e. The lowest BCUT2D eigenvalue weighted by atomic mass is 9.89. The molecule has 1 N–H and O–H groups in total. The summed E-state index contributed by atoms with van der Waals surface area (Å²) in [5.41, 5.74) is 0.837. The van der Waals surface area contributed by atoms with Gasteiger partial charge in [0, 0.05) is 12.7 Å². The first-order valence-corrected chi connectivity index (χ1v) is 6.44. The fourth-order valence-electron chi connectivity index (χ4n) is 1.69. The van der Waals surface area contributed by atoms with E-state index in [1.54, 1.807) is 6.20 Å². The van der Waals surface area contributed by atoms with Gasteiger partial charge in [-0.1, -0.05) is 6.42 Å². The number of nitrogens with zero attached hydrogens (tertiary/aromatic N) is 3. The summed E-state index contributed by atoms with van der Waals surface area (Å²) in [6.07, 6.45) is 4.91. The number of hydrogen-bond acceptors (Lipinski definition) is 4. The van der Waals surface area contributed by atoms with Crippen molar-refractivity contribution in [3.8, 4) is 6.07 Å². The van der Waals surface area contributed by atoms with Gasteiger partial charge in [0.05, 0.1) is 17.2 Å². The molecule has 0 fully saturated rings. The molecule has 4 heteroatoms. The molecule has 18 heavy (non-hydrogen) atoms. The highest BCUT2D eigenvalue weighted by atomic mass is 14.9. The highest BCUT2D eigenvalue weighted by molar-refractivity contribution is 5.00. The van der Waals surface area contributed by atoms with Crippen LogP contribution in [-0.2, 0) is 6.54 Å². The van der Waals surface area contributed by atoms with Gasteiger partial charge >= 0.3 is 0 Å². The molecule has 98 valence electrons. The summed E-state index contributed by atoms with van der Waals surface area (Å²) in [6, 6.07) is 4.26. The summed E-state index contributed by atoms with van der Waals surface area (Å²) in [4.78, 5) is 8.39. The number of aryl methyl sites for hydroxylation is 1. The molecular formula is C14H22N4. The quantitative estimate of drug-likeness (QED) is 0.751. The van der Waals surface area contributed by atoms with E-state index in [0.29, 0.717) is 0 Å². The van der Waals surface area contributed by atoms with E-state index >= 15 is 0 Å². The van der Waals surface area contributed by atoms with Crippen LogP contribution in [0.3, 0.4) is 0 Å². The predicted molar refractivity (Wildman–Crippen MR) is 71.7 cm³/mol. The lowest BCUT2D eigenvalue weighted by molar-refractivity contribution is 0.422. The van der Waals surface area contributed by atoms with E-state index in [9.17, 15) is 0 Å². The first kappa shape index (κ1) is 14.6. The Hall–Kier alpha value is -1.47. The van der Waals surface area contributed by atoms with Crippen molar-refractivity contribution in [2.75, 3.05) is 6.54 Å². The van der Waals surface area contributed by atoms with Crippen LogP contribution >= 0.6 is 0 Å². The Morgan fingerprint density at radius 3 is 2.83 bits per heavy atom. The third kappa shape index (κ3) is 5.74. The summed E-state index contributed by atoms with van der Waals surface area (Å²) >= 11 is 0. The summed E-state index contributed by atoms with van der Waals surface area (Å²) in [5.74, 6) is 0.810. The van der Waals surface area contributed by atoms with Gasteiger partial charge in [0.1, 0.15) is 5.82 Å². The van der Waals surface area contributed by atoms with Crippen molar-refractivity contribution in [2.45, 2.75) is 46.6 Å². The van der Waals surface area contributed by atoms with Crippen molar-refractivity contribution in [1.29, 1.82) is 5.26 Å². The Kier molecular flexibility index (Phi) is 5.73. The van der Waals surface area contributed by atoms with Gasteiger partial charge in [0.15, 0.2) is 0 Å². The Bertz CT molecular complexity index is 407. The maximum atomic E-state index is 8.89. The molecule has 1 heterocycles. The van der Waals surface area contributed by atoms with Crippen molar-refractivity contribution in [3.63, 3.8) is 0 Å². The number of hydrogen-bond donors (Lipinski definition) is 1. The van der Waals surface area contributed by atoms with Crippen LogP contribution in [0.2, 0.25) is 0 Å². The van der Waals surface area contributed by atoms with Crippen LogP contribution < -0.4 is 5.32 Å². The third-order valence-electron chi connectivity index (χ3n) is 2.85. The molecule has 0 atom stereocenters. The van der Waals surface area contributed by atoms with Crippen LogP contribution in [-0.4, -0.2) is 16.5 Å². The van der Waals surface area contributed by atoms with Gasteiger partial charge in [-0.3, -0.25) is 0 Å². The Morgan fingerprint density at radius 1 is 1.39 bits per heavy atom. The lowest BCUT2D eigenvalue weighted by Gasteiger charge is -2.14. The van der Waals surface area contributed by atoms with Crippen LogP contribution in [0.5, 0.6) is 0 Å². The minimum absolute atomic E-state index is 0.191. The smallest absolute Gasteiger partial charge is 0.125 e. The molecule has 0 aliphatic carbocycles. The summed E-state index contributed by atoms with van der Waals surface area (Å²) in [6.45, 7) is 7.62. The normalized spacial score (nSPS) is 11.2. The molecule has 1 aromatic heterocycles. The molecule has 1 aromatic rings. The van der Waals surface area contributed by atoms with Gasteiger partial charge < -0.3 is 5.32 Å². The molecular weight excluding hydrogens is 224 g/mol. The van der Waals surface area contributed by atoms with E-state index in [4.69, 9.17) is 5.26 Å². The van der Waals surface area contributed by atoms with Crippen LogP contribution in [0.25, 0.3) is 0 Å². The second-order valence-corrected chi connectivity index (χ2v) is 5.22. The largest absolute Gasteiger partial charge is 0.311 e. The van der Waals surface area contributed by atoms with E-state index in [2.05, 4.69) is 21.4 Å². The predicted octanol–water partition coefficient (Wildman–Crippen LogP) is 2.59. The highest BCUT2D eigenvalue weighted by Gasteiger charge is 2.15. The molecule has 0 spiro atoms. The van der Waals surface area contributed by atoms with Crippen molar-refractivity contribution in [2.24, 2.45) is 5.41 Å². The highest BCUT2D eigenvalue weighted by Crippen LogP contribution is 2.21. The maximum absolute atomic E-state index is 8.89. The van der Waals surface area contributed by atoms with Crippen LogP contribution in [0, 0.1) is 23.7 Å². The maximum Gasteiger partial charge on any atom is 0.125 e. The van der Waals surface area contributed by atoms with Crippen LogP contribution in [0.4, 0.5) is 0 Å². The second-order valence-electron chi connectivity index (χ2n) is 5.22. The molecule has 0 aromatic carbocycles. The Labute approximate surface area is 109 Å². The molecule has 0 amide bonds. The zero-order valence-corrected chi connectivity index (χ0v) is 11.5. The summed E-state index contributed by atoms with van der Waals surface area (Å²) < 4.78 is 0. The molecule has 0 bridgehead atoms. The topological polar surface area (TPSA) is 61.6 Å². The Balaban J connectivity index is 2.11. The van der Waals surface area contributed by atoms with Gasteiger partial charge in [0.25, 0.3) is 0 Å². The average Bonchev–Trinajstić information content (AvgIpc) is 2.34. The Morgan fingerprint density at radius 2 is 2.17 bits per heavy atom. The van der Waals surface area contributed by atoms with E-state index in [0.717, 1.165) is 43.9 Å². The zero-order chi connectivity index (χ0) is 13.4. The molecule has 0 unspecified atom stereocenters. The number of nitriles is 1. The number of aromatic nitrogens is 2. The van der Waals surface area contributed by atoms with E-state index in [1.165, 1.54) is 0 Å². The van der Waals surface area contributed by atoms with Crippen molar-refractivity contribution in [1.82, 2.24) is 15.3 Å². The molecule has 0 aliphatic heterocycles. The fraction of sp³-hybridized carbons (Fsp3) is 0.643. The molecule has 1 rings (SSSR count). The standard InChI is InChI=1S/C14H22N4/c1-12-17-9-6-13(18-12)10-16-8-5-4-7-14(2,3)11-15/h6,9,16H,4-5,7-8,10H2,1-3H3. The number of nitrogens with one attached hydrogen (secondary N) is 1. The molecule has 4 nitrogen and oxygen atoms in total. The summed E-state index contributed by atoms with van der Waals surface area (Å²) in [5, 5.41) is 12.3. The van der Waals surface area contributed by atoms with Gasteiger partial charge in [-0.2, -0.15) is 5.26 Å². The molecule has 0 aliphatic rings. The monoisotopic (exact) mass is 246 g/mol. The van der Waals surface area contributed by atoms with Crippen molar-refractivity contribution in [3.05, 3.63) is 23.8 Å². The van der Waals surface area contributed by atoms with E-state index in [-0.39, 0.29) is 5.41 Å². The van der Waals surface area contributed by atoms with E-state index < -0.39 is 0 Å².